The van der Waals surface area contributed by atoms with Crippen LogP contribution in [0.1, 0.15) is 73.5 Å². The standard InChI is InChI=1S/C31H41F2N3O3/c1-20(37)29(27-16-23(32)15-22-19-39-28(17-26(22)27)31(2,3)33)36-13-11-25(18-36)38-14-5-4-8-24-10-9-21-7-6-12-34-30(21)35-24/h9-10,15-16,25,28-29,37H,1,4-8,11-14,17-19H2,2-3H3,(H,34,35)/t25-,28?,29-/m1/s1. The van der Waals surface area contributed by atoms with Crippen molar-refractivity contribution in [3.05, 3.63) is 70.4 Å². The van der Waals surface area contributed by atoms with Crippen molar-refractivity contribution < 1.29 is 23.4 Å². The molecule has 3 aliphatic rings. The first kappa shape index (κ1) is 28.0. The number of unbranched alkanes of at least 4 members (excludes halogenated alkanes) is 1. The maximum absolute atomic E-state index is 14.7. The van der Waals surface area contributed by atoms with E-state index < -0.39 is 23.6 Å². The molecule has 1 unspecified atom stereocenters. The van der Waals surface area contributed by atoms with Crippen LogP contribution in [-0.4, -0.2) is 59.1 Å². The number of pyridine rings is 1. The normalized spacial score (nSPS) is 22.2. The van der Waals surface area contributed by atoms with E-state index in [9.17, 15) is 13.9 Å². The summed E-state index contributed by atoms with van der Waals surface area (Å²) in [6.07, 6.45) is 5.66. The van der Waals surface area contributed by atoms with Crippen LogP contribution in [0.25, 0.3) is 0 Å². The van der Waals surface area contributed by atoms with Gasteiger partial charge < -0.3 is 19.9 Å². The van der Waals surface area contributed by atoms with E-state index in [-0.39, 0.29) is 18.5 Å². The first-order valence-electron chi connectivity index (χ1n) is 14.3. The molecule has 6 nitrogen and oxygen atoms in total. The van der Waals surface area contributed by atoms with Gasteiger partial charge in [0.1, 0.15) is 23.1 Å². The fraction of sp³-hybridized carbons (Fsp3) is 0.581. The number of hydrogen-bond acceptors (Lipinski definition) is 6. The fourth-order valence-electron chi connectivity index (χ4n) is 6.09. The van der Waals surface area contributed by atoms with Crippen molar-refractivity contribution in [3.63, 3.8) is 0 Å². The zero-order valence-electron chi connectivity index (χ0n) is 23.1. The summed E-state index contributed by atoms with van der Waals surface area (Å²) >= 11 is 0. The molecule has 0 bridgehead atoms. The number of hydrogen-bond donors (Lipinski definition) is 2. The molecule has 1 aromatic carbocycles. The number of likely N-dealkylation sites (tertiary alicyclic amines) is 1. The molecule has 0 radical (unpaired) electrons. The number of aromatic nitrogens is 1. The van der Waals surface area contributed by atoms with Crippen LogP contribution in [0.5, 0.6) is 0 Å². The molecule has 5 rings (SSSR count). The minimum Gasteiger partial charge on any atom is -0.511 e. The van der Waals surface area contributed by atoms with Gasteiger partial charge in [0.25, 0.3) is 0 Å². The van der Waals surface area contributed by atoms with E-state index >= 15 is 0 Å². The number of ether oxygens (including phenoxy) is 2. The minimum absolute atomic E-state index is 0.0307. The van der Waals surface area contributed by atoms with Gasteiger partial charge in [0.05, 0.1) is 24.9 Å². The predicted octanol–water partition coefficient (Wildman–Crippen LogP) is 5.99. The third-order valence-electron chi connectivity index (χ3n) is 8.22. The second kappa shape index (κ2) is 11.9. The van der Waals surface area contributed by atoms with Crippen LogP contribution < -0.4 is 5.32 Å². The molecule has 212 valence electrons. The van der Waals surface area contributed by atoms with Gasteiger partial charge in [-0.3, -0.25) is 4.90 Å². The molecule has 2 aromatic rings. The monoisotopic (exact) mass is 541 g/mol. The van der Waals surface area contributed by atoms with Crippen LogP contribution in [0.15, 0.2) is 36.6 Å². The summed E-state index contributed by atoms with van der Waals surface area (Å²) in [6, 6.07) is 6.66. The first-order valence-corrected chi connectivity index (χ1v) is 14.3. The first-order chi connectivity index (χ1) is 18.7. The SMILES string of the molecule is C=C(O)[C@H](c1cc(F)cc2c1CC(C(C)(C)F)OC2)N1CC[C@@H](OCCCCc2ccc3c(n2)NCCC3)C1. The number of rotatable bonds is 10. The van der Waals surface area contributed by atoms with Gasteiger partial charge in [-0.05, 0) is 92.8 Å². The highest BCUT2D eigenvalue weighted by atomic mass is 19.1. The van der Waals surface area contributed by atoms with Crippen molar-refractivity contribution in [1.82, 2.24) is 9.88 Å². The Morgan fingerprint density at radius 3 is 2.95 bits per heavy atom. The van der Waals surface area contributed by atoms with Crippen molar-refractivity contribution in [2.24, 2.45) is 0 Å². The average Bonchev–Trinajstić information content (AvgIpc) is 3.35. The zero-order valence-corrected chi connectivity index (χ0v) is 23.1. The number of aryl methyl sites for hydroxylation is 2. The van der Waals surface area contributed by atoms with Crippen LogP contribution in [0, 0.1) is 5.82 Å². The second-order valence-electron chi connectivity index (χ2n) is 11.7. The molecule has 1 fully saturated rings. The summed E-state index contributed by atoms with van der Waals surface area (Å²) in [5.41, 5.74) is 3.07. The Kier molecular flexibility index (Phi) is 8.55. The largest absolute Gasteiger partial charge is 0.511 e. The summed E-state index contributed by atoms with van der Waals surface area (Å²) < 4.78 is 41.3. The highest BCUT2D eigenvalue weighted by Crippen LogP contribution is 2.38. The lowest BCUT2D eigenvalue weighted by Crippen LogP contribution is -2.40. The Hall–Kier alpha value is -2.55. The van der Waals surface area contributed by atoms with E-state index in [1.54, 1.807) is 0 Å². The fourth-order valence-corrected chi connectivity index (χ4v) is 6.09. The van der Waals surface area contributed by atoms with Gasteiger partial charge in [0, 0.05) is 38.4 Å². The van der Waals surface area contributed by atoms with Gasteiger partial charge in [-0.25, -0.2) is 13.8 Å². The van der Waals surface area contributed by atoms with E-state index in [0.29, 0.717) is 37.2 Å². The number of fused-ring (bicyclic) bond motifs is 2. The Morgan fingerprint density at radius 2 is 2.15 bits per heavy atom. The van der Waals surface area contributed by atoms with Gasteiger partial charge in [-0.2, -0.15) is 0 Å². The van der Waals surface area contributed by atoms with Crippen molar-refractivity contribution in [3.8, 4) is 0 Å². The Balaban J connectivity index is 1.16. The second-order valence-corrected chi connectivity index (χ2v) is 11.7. The van der Waals surface area contributed by atoms with Crippen LogP contribution in [-0.2, 0) is 35.3 Å². The van der Waals surface area contributed by atoms with Crippen LogP contribution in [0.2, 0.25) is 0 Å². The van der Waals surface area contributed by atoms with Crippen molar-refractivity contribution in [2.45, 2.75) is 89.3 Å². The molecular formula is C31H41F2N3O3. The third kappa shape index (κ3) is 6.61. The van der Waals surface area contributed by atoms with E-state index in [4.69, 9.17) is 14.5 Å². The van der Waals surface area contributed by atoms with Crippen LogP contribution in [0.4, 0.5) is 14.6 Å². The van der Waals surface area contributed by atoms with Crippen molar-refractivity contribution >= 4 is 5.82 Å². The molecule has 0 amide bonds. The van der Waals surface area contributed by atoms with E-state index in [2.05, 4.69) is 28.9 Å². The Bertz CT molecular complexity index is 1180. The smallest absolute Gasteiger partial charge is 0.131 e. The average molecular weight is 542 g/mol. The molecule has 0 spiro atoms. The Morgan fingerprint density at radius 1 is 1.31 bits per heavy atom. The highest BCUT2D eigenvalue weighted by molar-refractivity contribution is 5.47. The lowest BCUT2D eigenvalue weighted by atomic mass is 9.85. The number of alkyl halides is 1. The molecule has 3 atom stereocenters. The van der Waals surface area contributed by atoms with Gasteiger partial charge in [-0.1, -0.05) is 12.6 Å². The molecule has 1 saturated heterocycles. The number of aliphatic hydroxyl groups excluding tert-OH is 1. The Labute approximate surface area is 230 Å². The van der Waals surface area contributed by atoms with E-state index in [1.807, 2.05) is 0 Å². The lowest BCUT2D eigenvalue weighted by Gasteiger charge is -2.36. The predicted molar refractivity (Wildman–Crippen MR) is 148 cm³/mol. The maximum Gasteiger partial charge on any atom is 0.131 e. The summed E-state index contributed by atoms with van der Waals surface area (Å²) in [4.78, 5) is 6.87. The number of aliphatic hydroxyl groups is 1. The molecule has 0 saturated carbocycles. The van der Waals surface area contributed by atoms with Gasteiger partial charge >= 0.3 is 0 Å². The minimum atomic E-state index is -1.53. The zero-order chi connectivity index (χ0) is 27.6. The lowest BCUT2D eigenvalue weighted by molar-refractivity contribution is -0.0604. The molecule has 0 aliphatic carbocycles. The highest BCUT2D eigenvalue weighted by Gasteiger charge is 2.38. The molecule has 4 heterocycles. The molecule has 3 aliphatic heterocycles. The van der Waals surface area contributed by atoms with Crippen molar-refractivity contribution in [2.75, 3.05) is 31.6 Å². The molecule has 8 heteroatoms. The number of nitrogens with zero attached hydrogens (tertiary/aromatic N) is 2. The number of halogens is 2. The summed E-state index contributed by atoms with van der Waals surface area (Å²) in [7, 11) is 0. The molecule has 1 aromatic heterocycles. The van der Waals surface area contributed by atoms with E-state index in [1.165, 1.54) is 31.5 Å². The maximum atomic E-state index is 14.7. The quantitative estimate of drug-likeness (QED) is 0.284. The van der Waals surface area contributed by atoms with Gasteiger partial charge in [0.2, 0.25) is 0 Å². The number of benzene rings is 1. The van der Waals surface area contributed by atoms with Crippen LogP contribution in [0.3, 0.4) is 0 Å². The number of anilines is 1. The third-order valence-corrected chi connectivity index (χ3v) is 8.22. The molecule has 2 N–H and O–H groups in total. The van der Waals surface area contributed by atoms with Gasteiger partial charge in [-0.15, -0.1) is 0 Å². The topological polar surface area (TPSA) is 66.9 Å². The van der Waals surface area contributed by atoms with E-state index in [0.717, 1.165) is 62.1 Å². The summed E-state index contributed by atoms with van der Waals surface area (Å²) in [5.74, 6) is 0.600. The summed E-state index contributed by atoms with van der Waals surface area (Å²) in [5, 5.41) is 14.0. The summed E-state index contributed by atoms with van der Waals surface area (Å²) in [6.45, 7) is 9.92. The molecule has 39 heavy (non-hydrogen) atoms. The van der Waals surface area contributed by atoms with Crippen molar-refractivity contribution in [1.29, 1.82) is 0 Å². The number of nitrogens with one attached hydrogen (secondary N) is 1. The van der Waals surface area contributed by atoms with Crippen LogP contribution >= 0.6 is 0 Å². The van der Waals surface area contributed by atoms with Gasteiger partial charge in [0.15, 0.2) is 0 Å². The molecular weight excluding hydrogens is 500 g/mol.